The summed E-state index contributed by atoms with van der Waals surface area (Å²) in [5, 5.41) is 8.14. The normalized spacial score (nSPS) is 14.9. The minimum absolute atomic E-state index is 0.0456. The van der Waals surface area contributed by atoms with E-state index in [1.807, 2.05) is 24.3 Å². The van der Waals surface area contributed by atoms with Crippen LogP contribution < -0.4 is 15.0 Å². The number of piperidine rings is 1. The minimum atomic E-state index is 0.0456. The zero-order valence-corrected chi connectivity index (χ0v) is 18.3. The van der Waals surface area contributed by atoms with Gasteiger partial charge in [0.1, 0.15) is 29.0 Å². The molecule has 0 atom stereocenters. The quantitative estimate of drug-likeness (QED) is 0.620. The van der Waals surface area contributed by atoms with E-state index in [4.69, 9.17) is 9.26 Å². The highest BCUT2D eigenvalue weighted by Gasteiger charge is 2.28. The molecule has 1 N–H and O–H groups in total. The maximum Gasteiger partial charge on any atom is 0.263 e. The van der Waals surface area contributed by atoms with Crippen LogP contribution in [0, 0.1) is 11.8 Å². The van der Waals surface area contributed by atoms with Gasteiger partial charge in [0.2, 0.25) is 5.91 Å². The van der Waals surface area contributed by atoms with Crippen molar-refractivity contribution in [1.82, 2.24) is 20.4 Å². The van der Waals surface area contributed by atoms with Gasteiger partial charge in [-0.1, -0.05) is 19.0 Å². The first-order chi connectivity index (χ1) is 15.1. The molecule has 164 valence electrons. The van der Waals surface area contributed by atoms with E-state index in [0.29, 0.717) is 17.3 Å². The van der Waals surface area contributed by atoms with E-state index in [-0.39, 0.29) is 11.8 Å². The fraction of sp³-hybridized carbons (Fsp3) is 0.478. The van der Waals surface area contributed by atoms with Gasteiger partial charge in [0.25, 0.3) is 5.71 Å². The smallest absolute Gasteiger partial charge is 0.263 e. The Bertz CT molecular complexity index is 1020. The molecule has 2 aromatic heterocycles. The molecule has 0 radical (unpaired) electrons. The Labute approximate surface area is 182 Å². The Morgan fingerprint density at radius 3 is 2.65 bits per heavy atom. The standard InChI is InChI=1S/C23H29N5O3/c1-15(2)8-11-24-22(29)17-9-12-28(13-10-17)21-19-20(27-31-23(19)26-14-25-21)16-4-6-18(30-3)7-5-16/h4-7,14-15,17H,8-13H2,1-3H3,(H,24,29). The molecule has 3 heterocycles. The predicted octanol–water partition coefficient (Wildman–Crippen LogP) is 3.67. The molecule has 1 aromatic carbocycles. The Balaban J connectivity index is 1.50. The van der Waals surface area contributed by atoms with Crippen LogP contribution >= 0.6 is 0 Å². The van der Waals surface area contributed by atoms with Gasteiger partial charge in [-0.25, -0.2) is 4.98 Å². The topological polar surface area (TPSA) is 93.4 Å². The molecule has 8 nitrogen and oxygen atoms in total. The summed E-state index contributed by atoms with van der Waals surface area (Å²) in [6.45, 7) is 6.58. The molecule has 0 aliphatic carbocycles. The molecule has 1 aliphatic rings. The molecular formula is C23H29N5O3. The van der Waals surface area contributed by atoms with Crippen LogP contribution in [0.15, 0.2) is 35.1 Å². The summed E-state index contributed by atoms with van der Waals surface area (Å²) in [6, 6.07) is 7.67. The first-order valence-corrected chi connectivity index (χ1v) is 10.8. The van der Waals surface area contributed by atoms with Crippen molar-refractivity contribution < 1.29 is 14.1 Å². The van der Waals surface area contributed by atoms with Crippen LogP contribution in [-0.4, -0.2) is 47.8 Å². The number of anilines is 1. The zero-order chi connectivity index (χ0) is 21.8. The fourth-order valence-corrected chi connectivity index (χ4v) is 3.94. The van der Waals surface area contributed by atoms with Gasteiger partial charge in [0.05, 0.1) is 7.11 Å². The van der Waals surface area contributed by atoms with Crippen molar-refractivity contribution in [2.45, 2.75) is 33.1 Å². The summed E-state index contributed by atoms with van der Waals surface area (Å²) in [4.78, 5) is 23.5. The molecule has 4 rings (SSSR count). The number of fused-ring (bicyclic) bond motifs is 1. The van der Waals surface area contributed by atoms with E-state index in [1.165, 1.54) is 6.33 Å². The highest BCUT2D eigenvalue weighted by atomic mass is 16.5. The molecule has 1 aliphatic heterocycles. The van der Waals surface area contributed by atoms with Gasteiger partial charge in [-0.05, 0) is 49.4 Å². The number of carbonyl (C=O) groups is 1. The van der Waals surface area contributed by atoms with Crippen molar-refractivity contribution in [3.63, 3.8) is 0 Å². The lowest BCUT2D eigenvalue weighted by molar-refractivity contribution is -0.125. The van der Waals surface area contributed by atoms with Crippen molar-refractivity contribution in [2.24, 2.45) is 11.8 Å². The van der Waals surface area contributed by atoms with Crippen molar-refractivity contribution in [2.75, 3.05) is 31.6 Å². The first-order valence-electron chi connectivity index (χ1n) is 10.8. The Morgan fingerprint density at radius 1 is 1.23 bits per heavy atom. The zero-order valence-electron chi connectivity index (χ0n) is 18.3. The number of nitrogens with one attached hydrogen (secondary N) is 1. The van der Waals surface area contributed by atoms with Crippen molar-refractivity contribution in [3.8, 4) is 17.0 Å². The summed E-state index contributed by atoms with van der Waals surface area (Å²) >= 11 is 0. The Hall–Kier alpha value is -3.16. The third-order valence-electron chi connectivity index (χ3n) is 5.80. The Kier molecular flexibility index (Phi) is 6.34. The van der Waals surface area contributed by atoms with Crippen LogP contribution in [0.5, 0.6) is 5.75 Å². The molecule has 0 bridgehead atoms. The molecule has 0 saturated carbocycles. The van der Waals surface area contributed by atoms with Gasteiger partial charge < -0.3 is 19.5 Å². The lowest BCUT2D eigenvalue weighted by Crippen LogP contribution is -2.41. The number of benzene rings is 1. The van der Waals surface area contributed by atoms with Crippen LogP contribution in [-0.2, 0) is 4.79 Å². The predicted molar refractivity (Wildman–Crippen MR) is 119 cm³/mol. The molecule has 1 amide bonds. The monoisotopic (exact) mass is 423 g/mol. The highest BCUT2D eigenvalue weighted by molar-refractivity contribution is 5.98. The summed E-state index contributed by atoms with van der Waals surface area (Å²) in [6.07, 6.45) is 4.10. The molecule has 8 heteroatoms. The number of amides is 1. The maximum atomic E-state index is 12.5. The summed E-state index contributed by atoms with van der Waals surface area (Å²) in [5.74, 6) is 2.38. The summed E-state index contributed by atoms with van der Waals surface area (Å²) in [7, 11) is 1.64. The highest BCUT2D eigenvalue weighted by Crippen LogP contribution is 2.35. The summed E-state index contributed by atoms with van der Waals surface area (Å²) in [5.41, 5.74) is 2.08. The second-order valence-electron chi connectivity index (χ2n) is 8.37. The van der Waals surface area contributed by atoms with Gasteiger partial charge >= 0.3 is 0 Å². The van der Waals surface area contributed by atoms with Gasteiger partial charge in [0, 0.05) is 31.1 Å². The number of hydrogen-bond donors (Lipinski definition) is 1. The number of carbonyl (C=O) groups excluding carboxylic acids is 1. The van der Waals surface area contributed by atoms with Crippen LogP contribution in [0.3, 0.4) is 0 Å². The fourth-order valence-electron chi connectivity index (χ4n) is 3.94. The van der Waals surface area contributed by atoms with E-state index in [1.54, 1.807) is 7.11 Å². The molecule has 0 spiro atoms. The molecule has 0 unspecified atom stereocenters. The van der Waals surface area contributed by atoms with Crippen molar-refractivity contribution in [3.05, 3.63) is 30.6 Å². The lowest BCUT2D eigenvalue weighted by atomic mass is 9.95. The van der Waals surface area contributed by atoms with Gasteiger partial charge in [-0.3, -0.25) is 4.79 Å². The number of ether oxygens (including phenoxy) is 1. The number of nitrogens with zero attached hydrogens (tertiary/aromatic N) is 4. The molecule has 31 heavy (non-hydrogen) atoms. The van der Waals surface area contributed by atoms with E-state index in [0.717, 1.165) is 61.4 Å². The van der Waals surface area contributed by atoms with Crippen LogP contribution in [0.1, 0.15) is 33.1 Å². The van der Waals surface area contributed by atoms with Gasteiger partial charge in [-0.2, -0.15) is 4.98 Å². The SMILES string of the molecule is COc1ccc(-c2noc3ncnc(N4CCC(C(=O)NCCC(C)C)CC4)c23)cc1. The number of aromatic nitrogens is 3. The van der Waals surface area contributed by atoms with Gasteiger partial charge in [0.15, 0.2) is 0 Å². The maximum absolute atomic E-state index is 12.5. The van der Waals surface area contributed by atoms with Crippen LogP contribution in [0.25, 0.3) is 22.4 Å². The average Bonchev–Trinajstić information content (AvgIpc) is 3.23. The first kappa shape index (κ1) is 21.1. The van der Waals surface area contributed by atoms with E-state index in [2.05, 4.69) is 39.2 Å². The third-order valence-corrected chi connectivity index (χ3v) is 5.80. The van der Waals surface area contributed by atoms with E-state index in [9.17, 15) is 4.79 Å². The average molecular weight is 424 g/mol. The number of rotatable bonds is 7. The number of methoxy groups -OCH3 is 1. The second-order valence-corrected chi connectivity index (χ2v) is 8.37. The molecule has 3 aromatic rings. The van der Waals surface area contributed by atoms with Crippen molar-refractivity contribution in [1.29, 1.82) is 0 Å². The van der Waals surface area contributed by atoms with Crippen molar-refractivity contribution >= 4 is 22.8 Å². The number of hydrogen-bond acceptors (Lipinski definition) is 7. The molecule has 1 saturated heterocycles. The third kappa shape index (κ3) is 4.62. The minimum Gasteiger partial charge on any atom is -0.497 e. The van der Waals surface area contributed by atoms with Gasteiger partial charge in [-0.15, -0.1) is 0 Å². The van der Waals surface area contributed by atoms with Crippen LogP contribution in [0.4, 0.5) is 5.82 Å². The molecular weight excluding hydrogens is 394 g/mol. The van der Waals surface area contributed by atoms with E-state index >= 15 is 0 Å². The largest absolute Gasteiger partial charge is 0.497 e. The summed E-state index contributed by atoms with van der Waals surface area (Å²) < 4.78 is 10.7. The van der Waals surface area contributed by atoms with Crippen LogP contribution in [0.2, 0.25) is 0 Å². The van der Waals surface area contributed by atoms with E-state index < -0.39 is 0 Å². The lowest BCUT2D eigenvalue weighted by Gasteiger charge is -2.32. The second kappa shape index (κ2) is 9.32. The molecule has 1 fully saturated rings. The Morgan fingerprint density at radius 2 is 1.97 bits per heavy atom.